The van der Waals surface area contributed by atoms with E-state index in [1.807, 2.05) is 12.1 Å². The average Bonchev–Trinajstić information content (AvgIpc) is 3.52. The van der Waals surface area contributed by atoms with Gasteiger partial charge in [0.25, 0.3) is 5.91 Å². The molecule has 1 saturated heterocycles. The summed E-state index contributed by atoms with van der Waals surface area (Å²) in [4.78, 5) is 31.3. The maximum absolute atomic E-state index is 13.5. The van der Waals surface area contributed by atoms with Crippen LogP contribution in [0.25, 0.3) is 10.4 Å². The second-order valence-electron chi connectivity index (χ2n) is 8.18. The Balaban J connectivity index is 1.08. The SMILES string of the molecule is O=C(NCC(=O)N1CCN(Cc2ccc(-c3cccc(F)c3)s2)CC1)c1ccc2c(c1)OCO2. The highest BCUT2D eigenvalue weighted by molar-refractivity contribution is 7.15. The number of nitrogens with zero attached hydrogens (tertiary/aromatic N) is 2. The fraction of sp³-hybridized carbons (Fsp3) is 0.280. The number of ether oxygens (including phenoxy) is 2. The molecule has 0 unspecified atom stereocenters. The smallest absolute Gasteiger partial charge is 0.251 e. The van der Waals surface area contributed by atoms with Crippen LogP contribution in [0, 0.1) is 5.82 Å². The minimum Gasteiger partial charge on any atom is -0.454 e. The molecule has 3 heterocycles. The van der Waals surface area contributed by atoms with Crippen LogP contribution in [0.5, 0.6) is 11.5 Å². The Kier molecular flexibility index (Phi) is 6.46. The van der Waals surface area contributed by atoms with Crippen LogP contribution in [-0.2, 0) is 11.3 Å². The minimum absolute atomic E-state index is 0.0464. The standard InChI is InChI=1S/C25H24FN3O4S/c26-19-3-1-2-17(12-19)23-7-5-20(34-23)15-28-8-10-29(11-9-28)24(30)14-27-25(31)18-4-6-21-22(13-18)33-16-32-21/h1-7,12-13H,8-11,14-16H2,(H,27,31). The molecule has 0 spiro atoms. The fourth-order valence-corrected chi connectivity index (χ4v) is 5.09. The fourth-order valence-electron chi connectivity index (χ4n) is 4.04. The first-order valence-corrected chi connectivity index (χ1v) is 11.9. The first-order valence-electron chi connectivity index (χ1n) is 11.1. The summed E-state index contributed by atoms with van der Waals surface area (Å²) in [6.07, 6.45) is 0. The van der Waals surface area contributed by atoms with Gasteiger partial charge in [-0.15, -0.1) is 11.3 Å². The van der Waals surface area contributed by atoms with Crippen LogP contribution < -0.4 is 14.8 Å². The third kappa shape index (κ3) is 5.05. The molecule has 3 aromatic rings. The lowest BCUT2D eigenvalue weighted by atomic mass is 10.2. The van der Waals surface area contributed by atoms with E-state index in [0.717, 1.165) is 30.1 Å². The van der Waals surface area contributed by atoms with Gasteiger partial charge in [-0.1, -0.05) is 12.1 Å². The lowest BCUT2D eigenvalue weighted by Gasteiger charge is -2.34. The molecule has 0 radical (unpaired) electrons. The van der Waals surface area contributed by atoms with E-state index < -0.39 is 0 Å². The van der Waals surface area contributed by atoms with Gasteiger partial charge >= 0.3 is 0 Å². The average molecular weight is 482 g/mol. The van der Waals surface area contributed by atoms with Crippen molar-refractivity contribution in [1.82, 2.24) is 15.1 Å². The van der Waals surface area contributed by atoms with E-state index in [2.05, 4.69) is 16.3 Å². The molecule has 5 rings (SSSR count). The van der Waals surface area contributed by atoms with Gasteiger partial charge in [0, 0.05) is 48.0 Å². The molecule has 2 aliphatic rings. The van der Waals surface area contributed by atoms with Crippen LogP contribution in [0.3, 0.4) is 0 Å². The molecule has 34 heavy (non-hydrogen) atoms. The van der Waals surface area contributed by atoms with Gasteiger partial charge in [-0.3, -0.25) is 14.5 Å². The molecule has 1 fully saturated rings. The Morgan fingerprint density at radius 3 is 2.62 bits per heavy atom. The van der Waals surface area contributed by atoms with Crippen molar-refractivity contribution in [2.75, 3.05) is 39.5 Å². The summed E-state index contributed by atoms with van der Waals surface area (Å²) in [6.45, 7) is 3.63. The summed E-state index contributed by atoms with van der Waals surface area (Å²) < 4.78 is 24.0. The van der Waals surface area contributed by atoms with Gasteiger partial charge in [-0.05, 0) is 48.0 Å². The molecule has 9 heteroatoms. The maximum Gasteiger partial charge on any atom is 0.251 e. The second-order valence-corrected chi connectivity index (χ2v) is 9.35. The topological polar surface area (TPSA) is 71.1 Å². The van der Waals surface area contributed by atoms with E-state index in [4.69, 9.17) is 9.47 Å². The normalized spacial score (nSPS) is 15.4. The van der Waals surface area contributed by atoms with Crippen molar-refractivity contribution < 1.29 is 23.5 Å². The van der Waals surface area contributed by atoms with Gasteiger partial charge in [0.05, 0.1) is 6.54 Å². The minimum atomic E-state index is -0.322. The monoisotopic (exact) mass is 481 g/mol. The van der Waals surface area contributed by atoms with Crippen molar-refractivity contribution in [2.24, 2.45) is 0 Å². The molecule has 7 nitrogen and oxygen atoms in total. The van der Waals surface area contributed by atoms with Gasteiger partial charge in [-0.2, -0.15) is 0 Å². The molecule has 176 valence electrons. The number of hydrogen-bond donors (Lipinski definition) is 1. The van der Waals surface area contributed by atoms with Crippen molar-refractivity contribution in [1.29, 1.82) is 0 Å². The molecule has 1 aromatic heterocycles. The van der Waals surface area contributed by atoms with Crippen molar-refractivity contribution in [3.63, 3.8) is 0 Å². The maximum atomic E-state index is 13.5. The summed E-state index contributed by atoms with van der Waals surface area (Å²) in [7, 11) is 0. The molecule has 1 N–H and O–H groups in total. The van der Waals surface area contributed by atoms with Crippen LogP contribution in [0.2, 0.25) is 0 Å². The molecular formula is C25H24FN3O4S. The lowest BCUT2D eigenvalue weighted by molar-refractivity contribution is -0.131. The predicted octanol–water partition coefficient (Wildman–Crippen LogP) is 3.36. The van der Waals surface area contributed by atoms with Crippen LogP contribution in [-0.4, -0.2) is 61.1 Å². The van der Waals surface area contributed by atoms with Crippen LogP contribution in [0.15, 0.2) is 54.6 Å². The highest BCUT2D eigenvalue weighted by Crippen LogP contribution is 2.32. The zero-order valence-electron chi connectivity index (χ0n) is 18.5. The predicted molar refractivity (Wildman–Crippen MR) is 126 cm³/mol. The number of benzene rings is 2. The largest absolute Gasteiger partial charge is 0.454 e. The van der Waals surface area contributed by atoms with Gasteiger partial charge in [0.1, 0.15) is 5.82 Å². The van der Waals surface area contributed by atoms with Crippen LogP contribution >= 0.6 is 11.3 Å². The highest BCUT2D eigenvalue weighted by Gasteiger charge is 2.22. The number of piperazine rings is 1. The van der Waals surface area contributed by atoms with Crippen molar-refractivity contribution >= 4 is 23.2 Å². The lowest BCUT2D eigenvalue weighted by Crippen LogP contribution is -2.50. The Labute approximate surface area is 200 Å². The van der Waals surface area contributed by atoms with Crippen molar-refractivity contribution in [2.45, 2.75) is 6.54 Å². The van der Waals surface area contributed by atoms with Gasteiger partial charge in [-0.25, -0.2) is 4.39 Å². The van der Waals surface area contributed by atoms with Crippen molar-refractivity contribution in [3.8, 4) is 21.9 Å². The van der Waals surface area contributed by atoms with E-state index >= 15 is 0 Å². The number of amides is 2. The van der Waals surface area contributed by atoms with Crippen LogP contribution in [0.4, 0.5) is 4.39 Å². The molecule has 2 amide bonds. The van der Waals surface area contributed by atoms with E-state index in [1.165, 1.54) is 10.9 Å². The molecule has 2 aromatic carbocycles. The summed E-state index contributed by atoms with van der Waals surface area (Å²) in [5.74, 6) is 0.484. The quantitative estimate of drug-likeness (QED) is 0.585. The zero-order valence-corrected chi connectivity index (χ0v) is 19.3. The number of fused-ring (bicyclic) bond motifs is 1. The summed E-state index contributed by atoms with van der Waals surface area (Å²) >= 11 is 1.66. The molecule has 0 aliphatic carbocycles. The summed E-state index contributed by atoms with van der Waals surface area (Å²) in [6, 6.07) is 15.7. The van der Waals surface area contributed by atoms with Gasteiger partial charge in [0.2, 0.25) is 12.7 Å². The Morgan fingerprint density at radius 2 is 1.79 bits per heavy atom. The van der Waals surface area contributed by atoms with Gasteiger partial charge in [0.15, 0.2) is 11.5 Å². The number of carbonyl (C=O) groups is 2. The zero-order chi connectivity index (χ0) is 23.5. The number of hydrogen-bond acceptors (Lipinski definition) is 6. The molecule has 2 aliphatic heterocycles. The van der Waals surface area contributed by atoms with Crippen molar-refractivity contribution in [3.05, 3.63) is 70.9 Å². The molecule has 0 bridgehead atoms. The number of rotatable bonds is 6. The first kappa shape index (κ1) is 22.4. The first-order chi connectivity index (χ1) is 16.5. The molecule has 0 atom stereocenters. The van der Waals surface area contributed by atoms with E-state index in [1.54, 1.807) is 46.6 Å². The number of thiophene rings is 1. The Bertz CT molecular complexity index is 1210. The van der Waals surface area contributed by atoms with Gasteiger partial charge < -0.3 is 19.7 Å². The molecular weight excluding hydrogens is 457 g/mol. The third-order valence-corrected chi connectivity index (χ3v) is 7.03. The van der Waals surface area contributed by atoms with E-state index in [9.17, 15) is 14.0 Å². The number of nitrogens with one attached hydrogen (secondary N) is 1. The van der Waals surface area contributed by atoms with E-state index in [-0.39, 0.29) is 31.0 Å². The Hall–Kier alpha value is -3.43. The summed E-state index contributed by atoms with van der Waals surface area (Å²) in [5, 5.41) is 2.70. The van der Waals surface area contributed by atoms with E-state index in [0.29, 0.717) is 30.2 Å². The number of carbonyl (C=O) groups excluding carboxylic acids is 2. The Morgan fingerprint density at radius 1 is 0.971 bits per heavy atom. The van der Waals surface area contributed by atoms with Crippen LogP contribution in [0.1, 0.15) is 15.2 Å². The second kappa shape index (κ2) is 9.82. The highest BCUT2D eigenvalue weighted by atomic mass is 32.1. The molecule has 0 saturated carbocycles. The third-order valence-electron chi connectivity index (χ3n) is 5.91. The summed E-state index contributed by atoms with van der Waals surface area (Å²) in [5.41, 5.74) is 1.31. The number of halogens is 1.